The number of carbonyl (C=O) groups is 1. The molecule has 4 heteroatoms. The quantitative estimate of drug-likeness (QED) is 0.650. The van der Waals surface area contributed by atoms with Gasteiger partial charge in [-0.2, -0.15) is 0 Å². The summed E-state index contributed by atoms with van der Waals surface area (Å²) < 4.78 is 12.6. The van der Waals surface area contributed by atoms with Gasteiger partial charge in [0, 0.05) is 0 Å². The summed E-state index contributed by atoms with van der Waals surface area (Å²) >= 11 is 0. The lowest BCUT2D eigenvalue weighted by atomic mass is 10.3. The van der Waals surface area contributed by atoms with Crippen molar-refractivity contribution in [3.8, 4) is 0 Å². The van der Waals surface area contributed by atoms with Crippen molar-refractivity contribution in [2.75, 3.05) is 5.32 Å². The van der Waals surface area contributed by atoms with E-state index in [4.69, 9.17) is 5.11 Å². The molecular formula is C7H6FNO2. The monoisotopic (exact) mass is 155 g/mol. The van der Waals surface area contributed by atoms with Gasteiger partial charge in [0.25, 0.3) is 0 Å². The Morgan fingerprint density at radius 1 is 1.45 bits per heavy atom. The molecule has 0 aliphatic carbocycles. The van der Waals surface area contributed by atoms with Crippen LogP contribution in [0.1, 0.15) is 0 Å². The number of hydrogen-bond acceptors (Lipinski definition) is 1. The number of rotatable bonds is 1. The van der Waals surface area contributed by atoms with Crippen molar-refractivity contribution in [3.63, 3.8) is 0 Å². The molecule has 2 N–H and O–H groups in total. The van der Waals surface area contributed by atoms with E-state index in [2.05, 4.69) is 0 Å². The summed E-state index contributed by atoms with van der Waals surface area (Å²) in [6.45, 7) is 0. The zero-order valence-corrected chi connectivity index (χ0v) is 5.54. The Bertz CT molecular complexity index is 275. The molecule has 0 atom stereocenters. The van der Waals surface area contributed by atoms with Crippen LogP contribution in [0.5, 0.6) is 0 Å². The Hall–Kier alpha value is -1.58. The van der Waals surface area contributed by atoms with E-state index in [1.165, 1.54) is 18.2 Å². The van der Waals surface area contributed by atoms with Crippen molar-refractivity contribution in [3.05, 3.63) is 30.1 Å². The van der Waals surface area contributed by atoms with Gasteiger partial charge in [0.1, 0.15) is 5.82 Å². The summed E-state index contributed by atoms with van der Waals surface area (Å²) in [5.74, 6) is -0.574. The molecule has 0 aliphatic rings. The number of anilines is 1. The van der Waals surface area contributed by atoms with Gasteiger partial charge in [-0.05, 0) is 12.1 Å². The summed E-state index contributed by atoms with van der Waals surface area (Å²) in [6, 6.07) is 5.57. The predicted molar refractivity (Wildman–Crippen MR) is 38.0 cm³/mol. The van der Waals surface area contributed by atoms with Crippen LogP contribution in [-0.2, 0) is 0 Å². The minimum Gasteiger partial charge on any atom is -0.465 e. The van der Waals surface area contributed by atoms with E-state index in [0.717, 1.165) is 0 Å². The van der Waals surface area contributed by atoms with E-state index >= 15 is 0 Å². The largest absolute Gasteiger partial charge is 0.465 e. The number of nitrogens with one attached hydrogen (secondary N) is 1. The van der Waals surface area contributed by atoms with Gasteiger partial charge in [-0.1, -0.05) is 12.1 Å². The fourth-order valence-electron chi connectivity index (χ4n) is 0.678. The summed E-state index contributed by atoms with van der Waals surface area (Å²) in [6.07, 6.45) is -1.27. The molecule has 0 saturated heterocycles. The number of benzene rings is 1. The van der Waals surface area contributed by atoms with Crippen LogP contribution in [0.15, 0.2) is 24.3 Å². The lowest BCUT2D eigenvalue weighted by Crippen LogP contribution is -2.08. The zero-order chi connectivity index (χ0) is 8.27. The average molecular weight is 155 g/mol. The first-order valence-corrected chi connectivity index (χ1v) is 2.94. The molecule has 0 saturated carbocycles. The maximum atomic E-state index is 12.6. The van der Waals surface area contributed by atoms with Crippen molar-refractivity contribution >= 4 is 11.8 Å². The Balaban J connectivity index is 2.86. The summed E-state index contributed by atoms with van der Waals surface area (Å²) in [5, 5.41) is 10.1. The second-order valence-corrected chi connectivity index (χ2v) is 1.91. The van der Waals surface area contributed by atoms with Gasteiger partial charge in [-0.25, -0.2) is 9.18 Å². The molecule has 0 heterocycles. The molecule has 0 bridgehead atoms. The topological polar surface area (TPSA) is 49.3 Å². The van der Waals surface area contributed by atoms with Crippen LogP contribution in [0.2, 0.25) is 0 Å². The average Bonchev–Trinajstić information content (AvgIpc) is 1.93. The van der Waals surface area contributed by atoms with Gasteiger partial charge in [0.15, 0.2) is 0 Å². The van der Waals surface area contributed by atoms with Crippen LogP contribution >= 0.6 is 0 Å². The molecule has 58 valence electrons. The maximum Gasteiger partial charge on any atom is 0.409 e. The van der Waals surface area contributed by atoms with Crippen LogP contribution < -0.4 is 5.32 Å². The van der Waals surface area contributed by atoms with Gasteiger partial charge in [-0.15, -0.1) is 0 Å². The molecule has 1 amide bonds. The van der Waals surface area contributed by atoms with E-state index in [9.17, 15) is 9.18 Å². The molecule has 1 rings (SSSR count). The second kappa shape index (κ2) is 3.01. The lowest BCUT2D eigenvalue weighted by Gasteiger charge is -1.99. The van der Waals surface area contributed by atoms with Gasteiger partial charge < -0.3 is 5.11 Å². The molecule has 1 aromatic carbocycles. The highest BCUT2D eigenvalue weighted by atomic mass is 19.1. The van der Waals surface area contributed by atoms with E-state index in [-0.39, 0.29) is 5.69 Å². The molecule has 0 unspecified atom stereocenters. The summed E-state index contributed by atoms with van der Waals surface area (Å²) in [7, 11) is 0. The van der Waals surface area contributed by atoms with E-state index in [0.29, 0.717) is 0 Å². The Kier molecular flexibility index (Phi) is 2.06. The lowest BCUT2D eigenvalue weighted by molar-refractivity contribution is 0.209. The van der Waals surface area contributed by atoms with E-state index in [1.807, 2.05) is 5.32 Å². The standard InChI is InChI=1S/C7H6FNO2/c8-5-3-1-2-4-6(5)9-7(10)11/h1-4,9H,(H,10,11). The highest BCUT2D eigenvalue weighted by molar-refractivity contribution is 5.82. The summed E-state index contributed by atoms with van der Waals surface area (Å²) in [4.78, 5) is 10.0. The number of para-hydroxylation sites is 1. The minimum absolute atomic E-state index is 0.0278. The van der Waals surface area contributed by atoms with Crippen LogP contribution in [0.25, 0.3) is 0 Å². The normalized spacial score (nSPS) is 9.18. The highest BCUT2D eigenvalue weighted by Crippen LogP contribution is 2.11. The minimum atomic E-state index is -1.27. The molecule has 0 aliphatic heterocycles. The van der Waals surface area contributed by atoms with Crippen LogP contribution in [-0.4, -0.2) is 11.2 Å². The van der Waals surface area contributed by atoms with Crippen LogP contribution in [0, 0.1) is 5.82 Å². The van der Waals surface area contributed by atoms with Gasteiger partial charge >= 0.3 is 6.09 Å². The maximum absolute atomic E-state index is 12.6. The fraction of sp³-hybridized carbons (Fsp3) is 0. The molecule has 3 nitrogen and oxygen atoms in total. The Morgan fingerprint density at radius 3 is 2.64 bits per heavy atom. The third-order valence-corrected chi connectivity index (χ3v) is 1.12. The second-order valence-electron chi connectivity index (χ2n) is 1.91. The molecular weight excluding hydrogens is 149 g/mol. The fourth-order valence-corrected chi connectivity index (χ4v) is 0.678. The third-order valence-electron chi connectivity index (χ3n) is 1.12. The van der Waals surface area contributed by atoms with Crippen molar-refractivity contribution in [2.24, 2.45) is 0 Å². The number of hydrogen-bond donors (Lipinski definition) is 2. The highest BCUT2D eigenvalue weighted by Gasteiger charge is 2.01. The molecule has 0 fully saturated rings. The molecule has 11 heavy (non-hydrogen) atoms. The first-order chi connectivity index (χ1) is 5.20. The van der Waals surface area contributed by atoms with E-state index < -0.39 is 11.9 Å². The van der Waals surface area contributed by atoms with Crippen molar-refractivity contribution in [1.29, 1.82) is 0 Å². The van der Waals surface area contributed by atoms with Crippen LogP contribution in [0.3, 0.4) is 0 Å². The number of amides is 1. The van der Waals surface area contributed by atoms with Crippen molar-refractivity contribution in [1.82, 2.24) is 0 Å². The summed E-state index contributed by atoms with van der Waals surface area (Å²) in [5.41, 5.74) is -0.0278. The first-order valence-electron chi connectivity index (χ1n) is 2.94. The Labute approximate surface area is 62.5 Å². The number of carboxylic acid groups (broad SMARTS) is 1. The zero-order valence-electron chi connectivity index (χ0n) is 5.54. The van der Waals surface area contributed by atoms with E-state index in [1.54, 1.807) is 6.07 Å². The smallest absolute Gasteiger partial charge is 0.409 e. The SMILES string of the molecule is O=C(O)Nc1ccccc1F. The van der Waals surface area contributed by atoms with Gasteiger partial charge in [-0.3, -0.25) is 5.32 Å². The van der Waals surface area contributed by atoms with Crippen LogP contribution in [0.4, 0.5) is 14.9 Å². The molecule has 0 spiro atoms. The predicted octanol–water partition coefficient (Wildman–Crippen LogP) is 1.92. The van der Waals surface area contributed by atoms with Crippen molar-refractivity contribution in [2.45, 2.75) is 0 Å². The number of halogens is 1. The first kappa shape index (κ1) is 7.53. The van der Waals surface area contributed by atoms with Crippen molar-refractivity contribution < 1.29 is 14.3 Å². The Morgan fingerprint density at radius 2 is 2.09 bits per heavy atom. The molecule has 0 radical (unpaired) electrons. The third kappa shape index (κ3) is 1.93. The molecule has 1 aromatic rings. The van der Waals surface area contributed by atoms with Gasteiger partial charge in [0.05, 0.1) is 5.69 Å². The van der Waals surface area contributed by atoms with Gasteiger partial charge in [0.2, 0.25) is 0 Å². The molecule has 0 aromatic heterocycles.